The van der Waals surface area contributed by atoms with E-state index in [2.05, 4.69) is 18.3 Å². The molecule has 0 aromatic rings. The molecule has 0 spiro atoms. The predicted molar refractivity (Wildman–Crippen MR) is 54.9 cm³/mol. The van der Waals surface area contributed by atoms with E-state index in [4.69, 9.17) is 17.0 Å². The van der Waals surface area contributed by atoms with Crippen molar-refractivity contribution >= 4 is 0 Å². The van der Waals surface area contributed by atoms with E-state index in [1.54, 1.807) is 0 Å². The molecule has 0 fully saturated rings. The van der Waals surface area contributed by atoms with Gasteiger partial charge in [-0.25, -0.2) is 0 Å². The Bertz CT molecular complexity index is 142. The fraction of sp³-hybridized carbons (Fsp3) is 0.800. The Hall–Kier alpha value is -0.560. The molecule has 3 heteroatoms. The van der Waals surface area contributed by atoms with Crippen molar-refractivity contribution in [3.8, 4) is 12.3 Å². The van der Waals surface area contributed by atoms with E-state index in [1.807, 2.05) is 0 Å². The molecule has 0 aliphatic rings. The molecule has 0 radical (unpaired) electrons. The minimum Gasteiger partial charge on any atom is -0.381 e. The van der Waals surface area contributed by atoms with E-state index in [1.165, 1.54) is 0 Å². The van der Waals surface area contributed by atoms with Crippen molar-refractivity contribution in [2.24, 2.45) is 5.84 Å². The Morgan fingerprint density at radius 3 is 2.77 bits per heavy atom. The SMILES string of the molecule is C#CCCC(CCOCCC)NN. The van der Waals surface area contributed by atoms with Crippen molar-refractivity contribution in [2.75, 3.05) is 13.2 Å². The number of hydrogen-bond acceptors (Lipinski definition) is 3. The maximum atomic E-state index is 5.35. The Morgan fingerprint density at radius 2 is 2.23 bits per heavy atom. The number of rotatable bonds is 8. The van der Waals surface area contributed by atoms with Gasteiger partial charge in [-0.15, -0.1) is 12.3 Å². The van der Waals surface area contributed by atoms with E-state index < -0.39 is 0 Å². The van der Waals surface area contributed by atoms with Gasteiger partial charge in [0.25, 0.3) is 0 Å². The second kappa shape index (κ2) is 9.53. The molecule has 0 aromatic heterocycles. The molecule has 0 heterocycles. The zero-order chi connectivity index (χ0) is 9.94. The van der Waals surface area contributed by atoms with Gasteiger partial charge < -0.3 is 4.74 Å². The number of hydrazine groups is 1. The molecule has 13 heavy (non-hydrogen) atoms. The molecule has 0 saturated carbocycles. The largest absolute Gasteiger partial charge is 0.381 e. The highest BCUT2D eigenvalue weighted by atomic mass is 16.5. The van der Waals surface area contributed by atoms with Gasteiger partial charge in [0.05, 0.1) is 0 Å². The highest BCUT2D eigenvalue weighted by Gasteiger charge is 2.04. The zero-order valence-electron chi connectivity index (χ0n) is 8.38. The first-order valence-electron chi connectivity index (χ1n) is 4.82. The van der Waals surface area contributed by atoms with Crippen LogP contribution in [-0.2, 0) is 4.74 Å². The van der Waals surface area contributed by atoms with Gasteiger partial charge in [-0.3, -0.25) is 11.3 Å². The maximum absolute atomic E-state index is 5.35. The van der Waals surface area contributed by atoms with Gasteiger partial charge in [-0.05, 0) is 19.3 Å². The number of ether oxygens (including phenoxy) is 1. The van der Waals surface area contributed by atoms with E-state index >= 15 is 0 Å². The van der Waals surface area contributed by atoms with Crippen LogP contribution in [0.1, 0.15) is 32.6 Å². The molecule has 0 aliphatic carbocycles. The minimum atomic E-state index is 0.285. The highest BCUT2D eigenvalue weighted by Crippen LogP contribution is 2.00. The van der Waals surface area contributed by atoms with Crippen LogP contribution in [0.25, 0.3) is 0 Å². The molecule has 1 unspecified atom stereocenters. The maximum Gasteiger partial charge on any atom is 0.0481 e. The van der Waals surface area contributed by atoms with Gasteiger partial charge in [-0.1, -0.05) is 6.92 Å². The molecule has 0 saturated heterocycles. The lowest BCUT2D eigenvalue weighted by atomic mass is 10.1. The van der Waals surface area contributed by atoms with Gasteiger partial charge in [0.15, 0.2) is 0 Å². The first-order chi connectivity index (χ1) is 6.35. The average molecular weight is 184 g/mol. The molecule has 76 valence electrons. The lowest BCUT2D eigenvalue weighted by molar-refractivity contribution is 0.124. The Balaban J connectivity index is 3.32. The van der Waals surface area contributed by atoms with Crippen molar-refractivity contribution in [1.82, 2.24) is 5.43 Å². The van der Waals surface area contributed by atoms with Crippen LogP contribution in [-0.4, -0.2) is 19.3 Å². The second-order valence-corrected chi connectivity index (χ2v) is 3.01. The summed E-state index contributed by atoms with van der Waals surface area (Å²) in [6.45, 7) is 3.68. The summed E-state index contributed by atoms with van der Waals surface area (Å²) in [5, 5.41) is 0. The lowest BCUT2D eigenvalue weighted by Gasteiger charge is -2.13. The molecule has 0 bridgehead atoms. The normalized spacial score (nSPS) is 12.4. The van der Waals surface area contributed by atoms with Gasteiger partial charge in [0.2, 0.25) is 0 Å². The average Bonchev–Trinajstić information content (AvgIpc) is 2.17. The third-order valence-corrected chi connectivity index (χ3v) is 1.83. The van der Waals surface area contributed by atoms with Crippen LogP contribution in [0.4, 0.5) is 0 Å². The van der Waals surface area contributed by atoms with E-state index in [0.717, 1.165) is 38.9 Å². The number of nitrogens with two attached hydrogens (primary N) is 1. The summed E-state index contributed by atoms with van der Waals surface area (Å²) >= 11 is 0. The van der Waals surface area contributed by atoms with Crippen LogP contribution in [0.2, 0.25) is 0 Å². The van der Waals surface area contributed by atoms with Crippen molar-refractivity contribution < 1.29 is 4.74 Å². The molecule has 0 aromatic carbocycles. The van der Waals surface area contributed by atoms with Gasteiger partial charge in [-0.2, -0.15) is 0 Å². The first kappa shape index (κ1) is 12.4. The van der Waals surface area contributed by atoms with Crippen LogP contribution in [0, 0.1) is 12.3 Å². The fourth-order valence-corrected chi connectivity index (χ4v) is 1.04. The fourth-order valence-electron chi connectivity index (χ4n) is 1.04. The summed E-state index contributed by atoms with van der Waals surface area (Å²) in [5.41, 5.74) is 2.74. The molecule has 3 N–H and O–H groups in total. The monoisotopic (exact) mass is 184 g/mol. The topological polar surface area (TPSA) is 47.3 Å². The van der Waals surface area contributed by atoms with Crippen molar-refractivity contribution in [2.45, 2.75) is 38.6 Å². The van der Waals surface area contributed by atoms with Crippen LogP contribution >= 0.6 is 0 Å². The Labute approximate surface area is 81.0 Å². The molecular weight excluding hydrogens is 164 g/mol. The summed E-state index contributed by atoms with van der Waals surface area (Å²) in [6.07, 6.45) is 8.83. The van der Waals surface area contributed by atoms with Gasteiger partial charge in [0.1, 0.15) is 0 Å². The summed E-state index contributed by atoms with van der Waals surface area (Å²) in [5.74, 6) is 7.95. The standard InChI is InChI=1S/C10H20N2O/c1-3-5-6-10(12-11)7-9-13-8-4-2/h1,10,12H,4-9,11H2,2H3. The third kappa shape index (κ3) is 7.79. The molecule has 1 atom stereocenters. The van der Waals surface area contributed by atoms with E-state index in [-0.39, 0.29) is 6.04 Å². The van der Waals surface area contributed by atoms with Crippen LogP contribution in [0.15, 0.2) is 0 Å². The summed E-state index contributed by atoms with van der Waals surface area (Å²) in [6, 6.07) is 0.285. The lowest BCUT2D eigenvalue weighted by Crippen LogP contribution is -2.35. The first-order valence-corrected chi connectivity index (χ1v) is 4.82. The van der Waals surface area contributed by atoms with Crippen LogP contribution in [0.3, 0.4) is 0 Å². The number of nitrogens with one attached hydrogen (secondary N) is 1. The van der Waals surface area contributed by atoms with E-state index in [0.29, 0.717) is 0 Å². The van der Waals surface area contributed by atoms with Gasteiger partial charge >= 0.3 is 0 Å². The highest BCUT2D eigenvalue weighted by molar-refractivity contribution is 4.85. The summed E-state index contributed by atoms with van der Waals surface area (Å²) in [4.78, 5) is 0. The quantitative estimate of drug-likeness (QED) is 0.256. The third-order valence-electron chi connectivity index (χ3n) is 1.83. The predicted octanol–water partition coefficient (Wildman–Crippen LogP) is 1.05. The molecule has 0 rings (SSSR count). The second-order valence-electron chi connectivity index (χ2n) is 3.01. The van der Waals surface area contributed by atoms with Crippen LogP contribution in [0.5, 0.6) is 0 Å². The van der Waals surface area contributed by atoms with Crippen molar-refractivity contribution in [1.29, 1.82) is 0 Å². The molecule has 3 nitrogen and oxygen atoms in total. The van der Waals surface area contributed by atoms with E-state index in [9.17, 15) is 0 Å². The number of hydrogen-bond donors (Lipinski definition) is 2. The smallest absolute Gasteiger partial charge is 0.0481 e. The van der Waals surface area contributed by atoms with Gasteiger partial charge in [0, 0.05) is 25.7 Å². The molecule has 0 amide bonds. The van der Waals surface area contributed by atoms with Crippen molar-refractivity contribution in [3.63, 3.8) is 0 Å². The summed E-state index contributed by atoms with van der Waals surface area (Å²) in [7, 11) is 0. The zero-order valence-corrected chi connectivity index (χ0v) is 8.38. The van der Waals surface area contributed by atoms with Crippen molar-refractivity contribution in [3.05, 3.63) is 0 Å². The molecule has 0 aliphatic heterocycles. The van der Waals surface area contributed by atoms with Crippen LogP contribution < -0.4 is 11.3 Å². The molecular formula is C10H20N2O. The summed E-state index contributed by atoms with van der Waals surface area (Å²) < 4.78 is 5.35. The Morgan fingerprint density at radius 1 is 1.46 bits per heavy atom. The number of terminal acetylenes is 1. The Kier molecular flexibility index (Phi) is 9.12. The minimum absolute atomic E-state index is 0.285.